The molecule has 2 fully saturated rings. The van der Waals surface area contributed by atoms with Crippen LogP contribution < -0.4 is 5.32 Å². The molecule has 0 aromatic heterocycles. The van der Waals surface area contributed by atoms with Crippen molar-refractivity contribution in [1.29, 1.82) is 0 Å². The van der Waals surface area contributed by atoms with Crippen molar-refractivity contribution in [3.63, 3.8) is 0 Å². The first-order valence-corrected chi connectivity index (χ1v) is 7.56. The highest BCUT2D eigenvalue weighted by Crippen LogP contribution is 2.33. The van der Waals surface area contributed by atoms with Crippen molar-refractivity contribution in [3.8, 4) is 0 Å². The number of carbonyl (C=O) groups is 1. The van der Waals surface area contributed by atoms with Gasteiger partial charge in [-0.2, -0.15) is 0 Å². The van der Waals surface area contributed by atoms with E-state index in [2.05, 4.69) is 19.2 Å². The van der Waals surface area contributed by atoms with Crippen molar-refractivity contribution in [2.45, 2.75) is 64.9 Å². The van der Waals surface area contributed by atoms with E-state index in [9.17, 15) is 4.79 Å². The van der Waals surface area contributed by atoms with Crippen LogP contribution in [0.25, 0.3) is 0 Å². The zero-order valence-corrected chi connectivity index (χ0v) is 11.8. The van der Waals surface area contributed by atoms with Crippen LogP contribution >= 0.6 is 0 Å². The second-order valence-corrected chi connectivity index (χ2v) is 6.28. The Morgan fingerprint density at radius 1 is 1.33 bits per heavy atom. The highest BCUT2D eigenvalue weighted by Gasteiger charge is 2.38. The van der Waals surface area contributed by atoms with Gasteiger partial charge >= 0.3 is 5.97 Å². The van der Waals surface area contributed by atoms with Crippen molar-refractivity contribution >= 4 is 5.97 Å². The minimum Gasteiger partial charge on any atom is -0.462 e. The Bertz CT molecular complexity index is 284. The molecule has 0 aromatic carbocycles. The highest BCUT2D eigenvalue weighted by atomic mass is 16.5. The van der Waals surface area contributed by atoms with E-state index < -0.39 is 0 Å². The molecule has 0 aromatic rings. The smallest absolute Gasteiger partial charge is 0.312 e. The Kier molecular flexibility index (Phi) is 4.66. The van der Waals surface area contributed by atoms with E-state index >= 15 is 0 Å². The zero-order valence-electron chi connectivity index (χ0n) is 11.8. The van der Waals surface area contributed by atoms with E-state index in [1.807, 2.05) is 0 Å². The summed E-state index contributed by atoms with van der Waals surface area (Å²) in [5, 5.41) is 3.31. The summed E-state index contributed by atoms with van der Waals surface area (Å²) in [6.45, 7) is 6.18. The van der Waals surface area contributed by atoms with Gasteiger partial charge in [0, 0.05) is 0 Å². The molecule has 2 rings (SSSR count). The maximum Gasteiger partial charge on any atom is 0.312 e. The van der Waals surface area contributed by atoms with Gasteiger partial charge in [0.2, 0.25) is 0 Å². The van der Waals surface area contributed by atoms with Gasteiger partial charge in [-0.1, -0.05) is 19.8 Å². The molecular formula is C15H27NO2. The van der Waals surface area contributed by atoms with Gasteiger partial charge in [0.25, 0.3) is 0 Å². The van der Waals surface area contributed by atoms with Crippen molar-refractivity contribution in [2.75, 3.05) is 13.1 Å². The van der Waals surface area contributed by atoms with E-state index in [4.69, 9.17) is 4.74 Å². The minimum atomic E-state index is -0.246. The van der Waals surface area contributed by atoms with Gasteiger partial charge in [-0.3, -0.25) is 4.79 Å². The molecule has 1 N–H and O–H groups in total. The Hall–Kier alpha value is -0.570. The molecule has 0 bridgehead atoms. The summed E-state index contributed by atoms with van der Waals surface area (Å²) >= 11 is 0. The van der Waals surface area contributed by atoms with Crippen LogP contribution in [0.2, 0.25) is 0 Å². The van der Waals surface area contributed by atoms with Gasteiger partial charge in [0.05, 0.1) is 5.41 Å². The summed E-state index contributed by atoms with van der Waals surface area (Å²) < 4.78 is 5.80. The van der Waals surface area contributed by atoms with Gasteiger partial charge in [-0.25, -0.2) is 0 Å². The minimum absolute atomic E-state index is 0.0470. The lowest BCUT2D eigenvalue weighted by Crippen LogP contribution is -2.42. The largest absolute Gasteiger partial charge is 0.462 e. The molecule has 1 saturated heterocycles. The van der Waals surface area contributed by atoms with Crippen molar-refractivity contribution in [2.24, 2.45) is 11.3 Å². The SMILES string of the molecule is CCC1CCCC(OC(=O)C2(C)CCNCC2)C1. The summed E-state index contributed by atoms with van der Waals surface area (Å²) in [5.41, 5.74) is -0.246. The zero-order chi connectivity index (χ0) is 13.0. The van der Waals surface area contributed by atoms with E-state index in [0.717, 1.165) is 44.7 Å². The average molecular weight is 253 g/mol. The molecule has 0 amide bonds. The molecule has 1 aliphatic heterocycles. The van der Waals surface area contributed by atoms with Crippen LogP contribution in [0.4, 0.5) is 0 Å². The molecule has 1 saturated carbocycles. The van der Waals surface area contributed by atoms with Crippen molar-refractivity contribution < 1.29 is 9.53 Å². The third-order valence-electron chi connectivity index (χ3n) is 4.79. The van der Waals surface area contributed by atoms with Crippen LogP contribution in [-0.2, 0) is 9.53 Å². The second-order valence-electron chi connectivity index (χ2n) is 6.28. The third kappa shape index (κ3) is 3.25. The number of nitrogens with one attached hydrogen (secondary N) is 1. The van der Waals surface area contributed by atoms with Gasteiger partial charge in [-0.05, 0) is 58.0 Å². The van der Waals surface area contributed by atoms with Crippen molar-refractivity contribution in [3.05, 3.63) is 0 Å². The molecule has 1 aliphatic carbocycles. The lowest BCUT2D eigenvalue weighted by atomic mass is 9.80. The Balaban J connectivity index is 1.86. The lowest BCUT2D eigenvalue weighted by molar-refractivity contribution is -0.164. The first-order valence-electron chi connectivity index (χ1n) is 7.56. The molecule has 2 unspecified atom stereocenters. The molecule has 0 spiro atoms. The second kappa shape index (κ2) is 6.05. The molecule has 2 atom stereocenters. The van der Waals surface area contributed by atoms with Crippen LogP contribution in [0.15, 0.2) is 0 Å². The number of esters is 1. The quantitative estimate of drug-likeness (QED) is 0.786. The number of hydrogen-bond donors (Lipinski definition) is 1. The predicted octanol–water partition coefficient (Wildman–Crippen LogP) is 2.89. The van der Waals surface area contributed by atoms with Crippen LogP contribution in [0, 0.1) is 11.3 Å². The fourth-order valence-electron chi connectivity index (χ4n) is 3.20. The number of hydrogen-bond acceptors (Lipinski definition) is 3. The monoisotopic (exact) mass is 253 g/mol. The molecule has 2 aliphatic rings. The van der Waals surface area contributed by atoms with Gasteiger partial charge in [0.15, 0.2) is 0 Å². The Labute approximate surface area is 111 Å². The number of piperidine rings is 1. The van der Waals surface area contributed by atoms with E-state index in [1.54, 1.807) is 0 Å². The van der Waals surface area contributed by atoms with Crippen LogP contribution in [-0.4, -0.2) is 25.2 Å². The Morgan fingerprint density at radius 2 is 2.06 bits per heavy atom. The maximum atomic E-state index is 12.3. The predicted molar refractivity (Wildman–Crippen MR) is 72.3 cm³/mol. The highest BCUT2D eigenvalue weighted by molar-refractivity contribution is 5.76. The van der Waals surface area contributed by atoms with E-state index in [0.29, 0.717) is 0 Å². The summed E-state index contributed by atoms with van der Waals surface area (Å²) in [5.74, 6) is 0.808. The topological polar surface area (TPSA) is 38.3 Å². The molecule has 3 nitrogen and oxygen atoms in total. The average Bonchev–Trinajstić information content (AvgIpc) is 2.40. The van der Waals surface area contributed by atoms with Gasteiger partial charge in [-0.15, -0.1) is 0 Å². The maximum absolute atomic E-state index is 12.3. The molecule has 0 radical (unpaired) electrons. The fraction of sp³-hybridized carbons (Fsp3) is 0.933. The van der Waals surface area contributed by atoms with Gasteiger partial charge in [0.1, 0.15) is 6.10 Å². The summed E-state index contributed by atoms with van der Waals surface area (Å²) in [6.07, 6.45) is 7.90. The Morgan fingerprint density at radius 3 is 2.72 bits per heavy atom. The van der Waals surface area contributed by atoms with Crippen LogP contribution in [0.1, 0.15) is 58.8 Å². The molecule has 18 heavy (non-hydrogen) atoms. The molecule has 3 heteroatoms. The van der Waals surface area contributed by atoms with Crippen LogP contribution in [0.5, 0.6) is 0 Å². The van der Waals surface area contributed by atoms with Crippen molar-refractivity contribution in [1.82, 2.24) is 5.32 Å². The summed E-state index contributed by atoms with van der Waals surface area (Å²) in [4.78, 5) is 12.3. The lowest BCUT2D eigenvalue weighted by Gasteiger charge is -2.35. The van der Waals surface area contributed by atoms with E-state index in [1.165, 1.54) is 19.3 Å². The number of ether oxygens (including phenoxy) is 1. The molecule has 104 valence electrons. The normalized spacial score (nSPS) is 31.9. The van der Waals surface area contributed by atoms with Crippen LogP contribution in [0.3, 0.4) is 0 Å². The number of rotatable bonds is 3. The fourth-order valence-corrected chi connectivity index (χ4v) is 3.20. The standard InChI is InChI=1S/C15H27NO2/c1-3-12-5-4-6-13(11-12)18-14(17)15(2)7-9-16-10-8-15/h12-13,16H,3-11H2,1-2H3. The summed E-state index contributed by atoms with van der Waals surface area (Å²) in [6, 6.07) is 0. The molecular weight excluding hydrogens is 226 g/mol. The molecule has 1 heterocycles. The first-order chi connectivity index (χ1) is 8.64. The summed E-state index contributed by atoms with van der Waals surface area (Å²) in [7, 11) is 0. The first kappa shape index (κ1) is 13.9. The third-order valence-corrected chi connectivity index (χ3v) is 4.79. The number of carbonyl (C=O) groups excluding carboxylic acids is 1. The van der Waals surface area contributed by atoms with Gasteiger partial charge < -0.3 is 10.1 Å². The van der Waals surface area contributed by atoms with E-state index in [-0.39, 0.29) is 17.5 Å².